The molecule has 0 aliphatic carbocycles. The van der Waals surface area contributed by atoms with Crippen LogP contribution in [0.3, 0.4) is 0 Å². The fraction of sp³-hybridized carbons (Fsp3) is 0.500. The Labute approximate surface area is 164 Å². The average molecular weight is 407 g/mol. The molecular formula is C16H24Cl2N4O2S. The van der Waals surface area contributed by atoms with Crippen molar-refractivity contribution in [3.05, 3.63) is 18.2 Å². The predicted molar refractivity (Wildman–Crippen MR) is 109 cm³/mol. The number of carbonyl (C=O) groups is 1. The van der Waals surface area contributed by atoms with Gasteiger partial charge in [0.15, 0.2) is 5.13 Å². The molecule has 1 saturated heterocycles. The third-order valence-corrected chi connectivity index (χ3v) is 4.96. The maximum atomic E-state index is 12.1. The maximum Gasteiger partial charge on any atom is 0.228 e. The second kappa shape index (κ2) is 10.1. The first kappa shape index (κ1) is 21.9. The van der Waals surface area contributed by atoms with Gasteiger partial charge >= 0.3 is 0 Å². The summed E-state index contributed by atoms with van der Waals surface area (Å²) in [7, 11) is 1.85. The highest BCUT2D eigenvalue weighted by Gasteiger charge is 2.16. The van der Waals surface area contributed by atoms with Gasteiger partial charge in [-0.1, -0.05) is 18.3 Å². The lowest BCUT2D eigenvalue weighted by Gasteiger charge is -2.25. The van der Waals surface area contributed by atoms with E-state index in [4.69, 9.17) is 4.74 Å². The lowest BCUT2D eigenvalue weighted by molar-refractivity contribution is -0.119. The van der Waals surface area contributed by atoms with E-state index in [1.54, 1.807) is 11.3 Å². The molecule has 2 heterocycles. The van der Waals surface area contributed by atoms with Crippen molar-refractivity contribution in [2.75, 3.05) is 50.1 Å². The Kier molecular flexibility index (Phi) is 8.88. The molecule has 1 fully saturated rings. The fourth-order valence-electron chi connectivity index (χ4n) is 2.54. The van der Waals surface area contributed by atoms with Crippen LogP contribution in [0.4, 0.5) is 10.8 Å². The summed E-state index contributed by atoms with van der Waals surface area (Å²) in [6, 6.07) is 5.88. The molecule has 140 valence electrons. The van der Waals surface area contributed by atoms with Crippen LogP contribution in [0.25, 0.3) is 10.2 Å². The molecule has 25 heavy (non-hydrogen) atoms. The standard InChI is InChI=1S/C16H22N4O2S.2ClH/c1-11(10-17-2)15(21)18-12-3-4-13-14(9-12)23-16(19-13)20-5-7-22-8-6-20;;/h3-4,9,11,17H,5-8,10H2,1-2H3,(H,18,21);2*1H. The van der Waals surface area contributed by atoms with Gasteiger partial charge in [-0.05, 0) is 25.2 Å². The summed E-state index contributed by atoms with van der Waals surface area (Å²) in [5.41, 5.74) is 1.79. The Hall–Kier alpha value is -1.12. The first-order chi connectivity index (χ1) is 11.2. The van der Waals surface area contributed by atoms with E-state index >= 15 is 0 Å². The first-order valence-corrected chi connectivity index (χ1v) is 8.68. The summed E-state index contributed by atoms with van der Waals surface area (Å²) < 4.78 is 6.47. The molecule has 9 heteroatoms. The van der Waals surface area contributed by atoms with Gasteiger partial charge in [-0.3, -0.25) is 4.79 Å². The van der Waals surface area contributed by atoms with Crippen molar-refractivity contribution in [3.8, 4) is 0 Å². The van der Waals surface area contributed by atoms with Gasteiger partial charge in [0.05, 0.1) is 23.4 Å². The molecule has 1 unspecified atom stereocenters. The van der Waals surface area contributed by atoms with E-state index in [2.05, 4.69) is 20.5 Å². The maximum absolute atomic E-state index is 12.1. The summed E-state index contributed by atoms with van der Waals surface area (Å²) in [5, 5.41) is 7.02. The van der Waals surface area contributed by atoms with E-state index in [1.807, 2.05) is 32.2 Å². The Morgan fingerprint density at radius 2 is 2.08 bits per heavy atom. The normalized spacial score (nSPS) is 15.2. The number of anilines is 2. The highest BCUT2D eigenvalue weighted by atomic mass is 35.5. The average Bonchev–Trinajstić information content (AvgIpc) is 2.99. The number of ether oxygens (including phenoxy) is 1. The number of aromatic nitrogens is 1. The number of thiazole rings is 1. The molecule has 1 atom stereocenters. The largest absolute Gasteiger partial charge is 0.378 e. The van der Waals surface area contributed by atoms with Gasteiger partial charge in [-0.15, -0.1) is 24.8 Å². The van der Waals surface area contributed by atoms with Crippen molar-refractivity contribution in [2.45, 2.75) is 6.92 Å². The van der Waals surface area contributed by atoms with Crippen LogP contribution in [-0.2, 0) is 9.53 Å². The minimum atomic E-state index is -0.0685. The smallest absolute Gasteiger partial charge is 0.228 e. The number of benzene rings is 1. The second-order valence-corrected chi connectivity index (χ2v) is 6.74. The summed E-state index contributed by atoms with van der Waals surface area (Å²) in [6.07, 6.45) is 0. The van der Waals surface area contributed by atoms with E-state index < -0.39 is 0 Å². The SMILES string of the molecule is CNCC(C)C(=O)Nc1ccc2nc(N3CCOCC3)sc2c1.Cl.Cl. The van der Waals surface area contributed by atoms with Gasteiger partial charge in [0.2, 0.25) is 5.91 Å². The molecule has 1 amide bonds. The van der Waals surface area contributed by atoms with E-state index in [-0.39, 0.29) is 36.6 Å². The Morgan fingerprint density at radius 1 is 1.36 bits per heavy atom. The van der Waals surface area contributed by atoms with Gasteiger partial charge in [0, 0.05) is 31.2 Å². The topological polar surface area (TPSA) is 66.5 Å². The number of amides is 1. The van der Waals surface area contributed by atoms with Crippen LogP contribution in [0.1, 0.15) is 6.92 Å². The second-order valence-electron chi connectivity index (χ2n) is 5.73. The number of carbonyl (C=O) groups excluding carboxylic acids is 1. The van der Waals surface area contributed by atoms with Gasteiger partial charge in [-0.25, -0.2) is 4.98 Å². The molecular weight excluding hydrogens is 383 g/mol. The van der Waals surface area contributed by atoms with Crippen molar-refractivity contribution < 1.29 is 9.53 Å². The Bertz CT molecular complexity index is 692. The number of hydrogen-bond donors (Lipinski definition) is 2. The number of halogens is 2. The van der Waals surface area contributed by atoms with Gasteiger partial charge in [0.1, 0.15) is 0 Å². The molecule has 2 N–H and O–H groups in total. The van der Waals surface area contributed by atoms with Crippen molar-refractivity contribution in [1.29, 1.82) is 0 Å². The van der Waals surface area contributed by atoms with E-state index in [0.717, 1.165) is 47.3 Å². The minimum absolute atomic E-state index is 0. The van der Waals surface area contributed by atoms with Crippen molar-refractivity contribution in [2.24, 2.45) is 5.92 Å². The van der Waals surface area contributed by atoms with E-state index in [9.17, 15) is 4.79 Å². The molecule has 3 rings (SSSR count). The number of nitrogens with one attached hydrogen (secondary N) is 2. The highest BCUT2D eigenvalue weighted by molar-refractivity contribution is 7.22. The molecule has 2 aromatic rings. The van der Waals surface area contributed by atoms with Crippen molar-refractivity contribution in [1.82, 2.24) is 10.3 Å². The molecule has 1 aliphatic rings. The molecule has 1 aliphatic heterocycles. The third-order valence-electron chi connectivity index (χ3n) is 3.88. The zero-order chi connectivity index (χ0) is 16.2. The summed E-state index contributed by atoms with van der Waals surface area (Å²) >= 11 is 1.66. The summed E-state index contributed by atoms with van der Waals surface area (Å²) in [5.74, 6) is -0.0438. The number of hydrogen-bond acceptors (Lipinski definition) is 6. The number of morpholine rings is 1. The molecule has 1 aromatic heterocycles. The molecule has 0 bridgehead atoms. The molecule has 6 nitrogen and oxygen atoms in total. The van der Waals surface area contributed by atoms with Crippen LogP contribution in [-0.4, -0.2) is 50.8 Å². The van der Waals surface area contributed by atoms with Crippen LogP contribution in [0.5, 0.6) is 0 Å². The monoisotopic (exact) mass is 406 g/mol. The van der Waals surface area contributed by atoms with Gasteiger partial charge in [0.25, 0.3) is 0 Å². The van der Waals surface area contributed by atoms with Crippen molar-refractivity contribution >= 4 is 63.1 Å². The first-order valence-electron chi connectivity index (χ1n) is 7.86. The predicted octanol–water partition coefficient (Wildman–Crippen LogP) is 2.77. The van der Waals surface area contributed by atoms with Crippen molar-refractivity contribution in [3.63, 3.8) is 0 Å². The number of nitrogens with zero attached hydrogens (tertiary/aromatic N) is 2. The van der Waals surface area contributed by atoms with Gasteiger partial charge in [-0.2, -0.15) is 0 Å². The minimum Gasteiger partial charge on any atom is -0.378 e. The van der Waals surface area contributed by atoms with Crippen LogP contribution in [0, 0.1) is 5.92 Å². The van der Waals surface area contributed by atoms with Crippen LogP contribution in [0.15, 0.2) is 18.2 Å². The quantitative estimate of drug-likeness (QED) is 0.798. The summed E-state index contributed by atoms with van der Waals surface area (Å²) in [6.45, 7) is 5.83. The zero-order valence-electron chi connectivity index (χ0n) is 14.3. The lowest BCUT2D eigenvalue weighted by atomic mass is 10.1. The van der Waals surface area contributed by atoms with Crippen LogP contribution >= 0.6 is 36.2 Å². The Morgan fingerprint density at radius 3 is 2.76 bits per heavy atom. The molecule has 0 radical (unpaired) electrons. The lowest BCUT2D eigenvalue weighted by Crippen LogP contribution is -2.36. The van der Waals surface area contributed by atoms with Gasteiger partial charge < -0.3 is 20.3 Å². The van der Waals surface area contributed by atoms with Crippen LogP contribution in [0.2, 0.25) is 0 Å². The van der Waals surface area contributed by atoms with E-state index in [1.165, 1.54) is 0 Å². The highest BCUT2D eigenvalue weighted by Crippen LogP contribution is 2.31. The fourth-order valence-corrected chi connectivity index (χ4v) is 3.60. The van der Waals surface area contributed by atoms with Crippen LogP contribution < -0.4 is 15.5 Å². The number of fused-ring (bicyclic) bond motifs is 1. The molecule has 0 spiro atoms. The molecule has 0 saturated carbocycles. The zero-order valence-corrected chi connectivity index (χ0v) is 16.7. The Balaban J connectivity index is 0.00000156. The number of rotatable bonds is 5. The summed E-state index contributed by atoms with van der Waals surface area (Å²) in [4.78, 5) is 19.0. The van der Waals surface area contributed by atoms with E-state index in [0.29, 0.717) is 6.54 Å². The molecule has 1 aromatic carbocycles. The third kappa shape index (κ3) is 5.43.